The summed E-state index contributed by atoms with van der Waals surface area (Å²) in [7, 11) is 0. The first-order valence-corrected chi connectivity index (χ1v) is 6.74. The lowest BCUT2D eigenvalue weighted by molar-refractivity contribution is -0.137. The van der Waals surface area contributed by atoms with Crippen molar-refractivity contribution in [1.29, 1.82) is 0 Å². The molecule has 114 valence electrons. The van der Waals surface area contributed by atoms with E-state index in [2.05, 4.69) is 10.5 Å². The first kappa shape index (κ1) is 17.0. The van der Waals surface area contributed by atoms with E-state index >= 15 is 0 Å². The Morgan fingerprint density at radius 1 is 1.38 bits per heavy atom. The van der Waals surface area contributed by atoms with Gasteiger partial charge in [0, 0.05) is 17.5 Å². The number of carbonyl (C=O) groups excluding carboxylic acids is 1. The molecule has 1 aromatic rings. The van der Waals surface area contributed by atoms with E-state index in [0.29, 0.717) is 5.02 Å². The van der Waals surface area contributed by atoms with E-state index in [-0.39, 0.29) is 24.8 Å². The number of rotatable bonds is 7. The maximum Gasteiger partial charge on any atom is 0.304 e. The van der Waals surface area contributed by atoms with E-state index in [1.54, 1.807) is 31.2 Å². The largest absolute Gasteiger partial charge is 0.481 e. The van der Waals surface area contributed by atoms with E-state index in [4.69, 9.17) is 21.9 Å². The van der Waals surface area contributed by atoms with Gasteiger partial charge >= 0.3 is 5.97 Å². The Balaban J connectivity index is 2.73. The summed E-state index contributed by atoms with van der Waals surface area (Å²) in [4.78, 5) is 22.7. The molecule has 0 aromatic heterocycles. The standard InChI is InChI=1S/C14H17ClN2O4/c1-9(7-17-21)14(20)16-8-11(6-13(18)19)10-2-4-12(15)5-3-10/h2-5,7,9,11,21H,6,8H2,1H3,(H,16,20)(H,18,19)/b17-7+/t9-,11?/m1/s1. The van der Waals surface area contributed by atoms with Crippen LogP contribution in [0.3, 0.4) is 0 Å². The van der Waals surface area contributed by atoms with Crippen LogP contribution in [0.5, 0.6) is 0 Å². The number of carboxylic acid groups (broad SMARTS) is 1. The Bertz CT molecular complexity index is 516. The molecule has 0 radical (unpaired) electrons. The van der Waals surface area contributed by atoms with Crippen molar-refractivity contribution in [3.8, 4) is 0 Å². The number of carboxylic acids is 1. The fourth-order valence-corrected chi connectivity index (χ4v) is 1.93. The minimum Gasteiger partial charge on any atom is -0.481 e. The lowest BCUT2D eigenvalue weighted by Gasteiger charge is -2.17. The molecule has 0 bridgehead atoms. The molecule has 2 atom stereocenters. The quantitative estimate of drug-likeness (QED) is 0.408. The number of hydrogen-bond acceptors (Lipinski definition) is 4. The van der Waals surface area contributed by atoms with Crippen LogP contribution in [0.2, 0.25) is 5.02 Å². The van der Waals surface area contributed by atoms with E-state index in [0.717, 1.165) is 11.8 Å². The lowest BCUT2D eigenvalue weighted by atomic mass is 9.95. The number of hydrogen-bond donors (Lipinski definition) is 3. The molecule has 0 aliphatic heterocycles. The molecule has 7 heteroatoms. The molecule has 1 amide bonds. The van der Waals surface area contributed by atoms with Gasteiger partial charge in [-0.2, -0.15) is 0 Å². The Hall–Kier alpha value is -2.08. The van der Waals surface area contributed by atoms with Crippen molar-refractivity contribution in [3.63, 3.8) is 0 Å². The highest BCUT2D eigenvalue weighted by Crippen LogP contribution is 2.21. The fraction of sp³-hybridized carbons (Fsp3) is 0.357. The molecular weight excluding hydrogens is 296 g/mol. The lowest BCUT2D eigenvalue weighted by Crippen LogP contribution is -2.34. The molecular formula is C14H17ClN2O4. The average Bonchev–Trinajstić information content (AvgIpc) is 2.44. The van der Waals surface area contributed by atoms with Crippen molar-refractivity contribution in [2.75, 3.05) is 6.54 Å². The molecule has 1 rings (SSSR count). The molecule has 1 aromatic carbocycles. The van der Waals surface area contributed by atoms with Gasteiger partial charge in [0.25, 0.3) is 0 Å². The zero-order valence-electron chi connectivity index (χ0n) is 11.5. The maximum absolute atomic E-state index is 11.7. The molecule has 0 saturated carbocycles. The van der Waals surface area contributed by atoms with E-state index < -0.39 is 11.9 Å². The smallest absolute Gasteiger partial charge is 0.304 e. The summed E-state index contributed by atoms with van der Waals surface area (Å²) in [6, 6.07) is 6.82. The molecule has 3 N–H and O–H groups in total. The van der Waals surface area contributed by atoms with Crippen LogP contribution in [-0.4, -0.2) is 34.9 Å². The zero-order valence-corrected chi connectivity index (χ0v) is 12.2. The summed E-state index contributed by atoms with van der Waals surface area (Å²) < 4.78 is 0. The van der Waals surface area contributed by atoms with Crippen LogP contribution in [0.4, 0.5) is 0 Å². The minimum absolute atomic E-state index is 0.107. The second-order valence-electron chi connectivity index (χ2n) is 4.64. The number of benzene rings is 1. The number of oxime groups is 1. The Kier molecular flexibility index (Phi) is 6.68. The van der Waals surface area contributed by atoms with E-state index in [1.807, 2.05) is 0 Å². The van der Waals surface area contributed by atoms with Crippen molar-refractivity contribution in [1.82, 2.24) is 5.32 Å². The number of nitrogens with one attached hydrogen (secondary N) is 1. The van der Waals surface area contributed by atoms with Gasteiger partial charge in [0.15, 0.2) is 0 Å². The Morgan fingerprint density at radius 2 is 2.00 bits per heavy atom. The summed E-state index contributed by atoms with van der Waals surface area (Å²) in [5.41, 5.74) is 0.783. The highest BCUT2D eigenvalue weighted by molar-refractivity contribution is 6.30. The number of nitrogens with zero attached hydrogens (tertiary/aromatic N) is 1. The first-order chi connectivity index (χ1) is 9.93. The molecule has 1 unspecified atom stereocenters. The predicted molar refractivity (Wildman–Crippen MR) is 78.9 cm³/mol. The zero-order chi connectivity index (χ0) is 15.8. The maximum atomic E-state index is 11.7. The van der Waals surface area contributed by atoms with Crippen LogP contribution in [0.25, 0.3) is 0 Å². The third-order valence-corrected chi connectivity index (χ3v) is 3.24. The van der Waals surface area contributed by atoms with Gasteiger partial charge in [0.2, 0.25) is 5.91 Å². The monoisotopic (exact) mass is 312 g/mol. The highest BCUT2D eigenvalue weighted by atomic mass is 35.5. The van der Waals surface area contributed by atoms with Crippen LogP contribution >= 0.6 is 11.6 Å². The molecule has 0 saturated heterocycles. The second-order valence-corrected chi connectivity index (χ2v) is 5.08. The van der Waals surface area contributed by atoms with Gasteiger partial charge < -0.3 is 15.6 Å². The summed E-state index contributed by atoms with van der Waals surface area (Å²) in [5, 5.41) is 23.4. The van der Waals surface area contributed by atoms with Gasteiger partial charge in [-0.1, -0.05) is 23.7 Å². The number of aliphatic carboxylic acids is 1. The molecule has 0 aliphatic carbocycles. The van der Waals surface area contributed by atoms with Crippen LogP contribution in [-0.2, 0) is 9.59 Å². The normalized spacial score (nSPS) is 13.8. The third kappa shape index (κ3) is 5.83. The molecule has 0 fully saturated rings. The van der Waals surface area contributed by atoms with Crippen LogP contribution in [0.1, 0.15) is 24.8 Å². The minimum atomic E-state index is -0.950. The van der Waals surface area contributed by atoms with E-state index in [1.165, 1.54) is 0 Å². The van der Waals surface area contributed by atoms with Crippen molar-refractivity contribution in [2.45, 2.75) is 19.3 Å². The Labute approximate surface area is 127 Å². The third-order valence-electron chi connectivity index (χ3n) is 2.99. The van der Waals surface area contributed by atoms with Crippen LogP contribution < -0.4 is 5.32 Å². The number of carbonyl (C=O) groups is 2. The SMILES string of the molecule is C[C@H](/C=N/O)C(=O)NCC(CC(=O)O)c1ccc(Cl)cc1. The molecule has 0 spiro atoms. The Morgan fingerprint density at radius 3 is 2.52 bits per heavy atom. The molecule has 0 aliphatic rings. The highest BCUT2D eigenvalue weighted by Gasteiger charge is 2.18. The molecule has 0 heterocycles. The van der Waals surface area contributed by atoms with Gasteiger partial charge in [-0.15, -0.1) is 5.16 Å². The van der Waals surface area contributed by atoms with E-state index in [9.17, 15) is 9.59 Å². The molecule has 6 nitrogen and oxygen atoms in total. The van der Waals surface area contributed by atoms with Crippen molar-refractivity contribution in [2.24, 2.45) is 11.1 Å². The van der Waals surface area contributed by atoms with Crippen molar-refractivity contribution in [3.05, 3.63) is 34.9 Å². The predicted octanol–water partition coefficient (Wildman–Crippen LogP) is 2.11. The van der Waals surface area contributed by atoms with Crippen molar-refractivity contribution < 1.29 is 19.9 Å². The van der Waals surface area contributed by atoms with Crippen molar-refractivity contribution >= 4 is 29.7 Å². The topological polar surface area (TPSA) is 99.0 Å². The van der Waals surface area contributed by atoms with Crippen LogP contribution in [0.15, 0.2) is 29.4 Å². The van der Waals surface area contributed by atoms with Gasteiger partial charge in [-0.25, -0.2) is 0 Å². The molecule has 21 heavy (non-hydrogen) atoms. The summed E-state index contributed by atoms with van der Waals surface area (Å²) in [6.07, 6.45) is 0.994. The van der Waals surface area contributed by atoms with Gasteiger partial charge in [-0.05, 0) is 24.6 Å². The van der Waals surface area contributed by atoms with Gasteiger partial charge in [0.05, 0.1) is 18.6 Å². The second kappa shape index (κ2) is 8.26. The number of halogens is 1. The average molecular weight is 313 g/mol. The summed E-state index contributed by atoms with van der Waals surface area (Å²) in [5.74, 6) is -2.24. The van der Waals surface area contributed by atoms with Gasteiger partial charge in [-0.3, -0.25) is 9.59 Å². The fourth-order valence-electron chi connectivity index (χ4n) is 1.81. The van der Waals surface area contributed by atoms with Gasteiger partial charge in [0.1, 0.15) is 0 Å². The summed E-state index contributed by atoms with van der Waals surface area (Å²) in [6.45, 7) is 1.75. The summed E-state index contributed by atoms with van der Waals surface area (Å²) >= 11 is 5.80. The number of amides is 1. The first-order valence-electron chi connectivity index (χ1n) is 6.36. The van der Waals surface area contributed by atoms with Crippen LogP contribution in [0, 0.1) is 5.92 Å².